The zero-order valence-corrected chi connectivity index (χ0v) is 11.4. The molecule has 0 saturated carbocycles. The molecule has 2 heterocycles. The van der Waals surface area contributed by atoms with E-state index in [1.807, 2.05) is 6.92 Å². The Hall–Kier alpha value is -0.650. The molecular weight excluding hydrogens is 232 g/mol. The van der Waals surface area contributed by atoms with Gasteiger partial charge in [-0.1, -0.05) is 6.92 Å². The van der Waals surface area contributed by atoms with E-state index in [-0.39, 0.29) is 17.7 Å². The van der Waals surface area contributed by atoms with Crippen molar-refractivity contribution in [1.29, 1.82) is 0 Å². The molecule has 2 saturated heterocycles. The average Bonchev–Trinajstić information content (AvgIpc) is 2.81. The van der Waals surface area contributed by atoms with Crippen molar-refractivity contribution in [1.82, 2.24) is 10.2 Å². The summed E-state index contributed by atoms with van der Waals surface area (Å²) < 4.78 is 11.3. The van der Waals surface area contributed by atoms with Crippen LogP contribution in [0.4, 0.5) is 0 Å². The second-order valence-corrected chi connectivity index (χ2v) is 5.26. The third-order valence-electron chi connectivity index (χ3n) is 3.82. The number of nitrogens with zero attached hydrogens (tertiary/aromatic N) is 1. The van der Waals surface area contributed by atoms with E-state index in [0.717, 1.165) is 32.4 Å². The lowest BCUT2D eigenvalue weighted by Gasteiger charge is -2.37. The number of ether oxygens (including phenoxy) is 2. The maximum absolute atomic E-state index is 11.8. The van der Waals surface area contributed by atoms with Crippen LogP contribution in [-0.2, 0) is 14.3 Å². The van der Waals surface area contributed by atoms with Crippen LogP contribution >= 0.6 is 0 Å². The Morgan fingerprint density at radius 1 is 1.33 bits per heavy atom. The normalized spacial score (nSPS) is 25.2. The number of hydrogen-bond donors (Lipinski definition) is 1. The molecule has 0 aromatic carbocycles. The third-order valence-corrected chi connectivity index (χ3v) is 3.82. The van der Waals surface area contributed by atoms with Crippen molar-refractivity contribution >= 4 is 5.91 Å². The molecule has 18 heavy (non-hydrogen) atoms. The molecule has 0 unspecified atom stereocenters. The Bertz CT molecular complexity index is 280. The van der Waals surface area contributed by atoms with Gasteiger partial charge in [-0.3, -0.25) is 9.69 Å². The minimum absolute atomic E-state index is 0.119. The Morgan fingerprint density at radius 3 is 2.50 bits per heavy atom. The van der Waals surface area contributed by atoms with Crippen molar-refractivity contribution in [2.45, 2.75) is 44.9 Å². The maximum atomic E-state index is 11.8. The van der Waals surface area contributed by atoms with Crippen LogP contribution in [0.1, 0.15) is 33.1 Å². The maximum Gasteiger partial charge on any atom is 0.234 e. The summed E-state index contributed by atoms with van der Waals surface area (Å²) >= 11 is 0. The second kappa shape index (κ2) is 5.99. The Kier molecular flexibility index (Phi) is 4.59. The van der Waals surface area contributed by atoms with Gasteiger partial charge in [-0.15, -0.1) is 0 Å². The summed E-state index contributed by atoms with van der Waals surface area (Å²) in [6.45, 7) is 7.74. The number of hydrogen-bond acceptors (Lipinski definition) is 4. The molecule has 0 radical (unpaired) electrons. The molecule has 2 rings (SSSR count). The quantitative estimate of drug-likeness (QED) is 0.806. The van der Waals surface area contributed by atoms with E-state index in [4.69, 9.17) is 9.47 Å². The van der Waals surface area contributed by atoms with Crippen molar-refractivity contribution in [2.24, 2.45) is 0 Å². The molecule has 1 amide bonds. The number of piperidine rings is 1. The van der Waals surface area contributed by atoms with E-state index >= 15 is 0 Å². The Balaban J connectivity index is 1.71. The van der Waals surface area contributed by atoms with E-state index in [2.05, 4.69) is 17.1 Å². The number of nitrogens with one attached hydrogen (secondary N) is 1. The molecule has 2 aliphatic rings. The minimum atomic E-state index is -0.344. The fraction of sp³-hybridized carbons (Fsp3) is 0.923. The average molecular weight is 256 g/mol. The lowest BCUT2D eigenvalue weighted by Crippen LogP contribution is -2.49. The highest BCUT2D eigenvalue weighted by Crippen LogP contribution is 2.30. The first kappa shape index (κ1) is 13.8. The van der Waals surface area contributed by atoms with Gasteiger partial charge in [0.25, 0.3) is 0 Å². The van der Waals surface area contributed by atoms with Crippen LogP contribution in [0.25, 0.3) is 0 Å². The number of carbonyl (C=O) groups excluding carboxylic acids is 1. The molecule has 104 valence electrons. The first-order chi connectivity index (χ1) is 8.63. The molecule has 1 spiro atoms. The fourth-order valence-electron chi connectivity index (χ4n) is 2.46. The summed E-state index contributed by atoms with van der Waals surface area (Å²) in [5.74, 6) is -0.225. The fourth-order valence-corrected chi connectivity index (χ4v) is 2.46. The van der Waals surface area contributed by atoms with Gasteiger partial charge in [0.15, 0.2) is 5.79 Å². The van der Waals surface area contributed by atoms with Crippen LogP contribution in [0.2, 0.25) is 0 Å². The first-order valence-electron chi connectivity index (χ1n) is 6.93. The van der Waals surface area contributed by atoms with Gasteiger partial charge in [0, 0.05) is 32.0 Å². The van der Waals surface area contributed by atoms with Crippen molar-refractivity contribution in [3.63, 3.8) is 0 Å². The van der Waals surface area contributed by atoms with Crippen LogP contribution in [0.5, 0.6) is 0 Å². The van der Waals surface area contributed by atoms with Crippen molar-refractivity contribution < 1.29 is 14.3 Å². The van der Waals surface area contributed by atoms with Crippen LogP contribution in [-0.4, -0.2) is 55.5 Å². The topological polar surface area (TPSA) is 50.8 Å². The SMILES string of the molecule is CC[C@@H](C)NC(=O)CN1CCC2(CC1)OCCO2. The van der Waals surface area contributed by atoms with E-state index in [1.54, 1.807) is 0 Å². The highest BCUT2D eigenvalue weighted by molar-refractivity contribution is 5.78. The van der Waals surface area contributed by atoms with E-state index in [9.17, 15) is 4.79 Å². The number of carbonyl (C=O) groups is 1. The van der Waals surface area contributed by atoms with Gasteiger partial charge < -0.3 is 14.8 Å². The van der Waals surface area contributed by atoms with Crippen LogP contribution in [0, 0.1) is 0 Å². The standard InChI is InChI=1S/C13H24N2O3/c1-3-11(2)14-12(16)10-15-6-4-13(5-7-15)17-8-9-18-13/h11H,3-10H2,1-2H3,(H,14,16)/t11-/m1/s1. The van der Waals surface area contributed by atoms with E-state index in [1.165, 1.54) is 0 Å². The predicted molar refractivity (Wildman–Crippen MR) is 68.2 cm³/mol. The van der Waals surface area contributed by atoms with E-state index < -0.39 is 0 Å². The second-order valence-electron chi connectivity index (χ2n) is 5.26. The highest BCUT2D eigenvalue weighted by atomic mass is 16.7. The van der Waals surface area contributed by atoms with Crippen LogP contribution in [0.3, 0.4) is 0 Å². The Morgan fingerprint density at radius 2 is 1.94 bits per heavy atom. The van der Waals surface area contributed by atoms with Crippen LogP contribution in [0.15, 0.2) is 0 Å². The van der Waals surface area contributed by atoms with Crippen LogP contribution < -0.4 is 5.32 Å². The zero-order chi connectivity index (χ0) is 13.0. The van der Waals surface area contributed by atoms with Gasteiger partial charge >= 0.3 is 0 Å². The van der Waals surface area contributed by atoms with Gasteiger partial charge in [0.05, 0.1) is 19.8 Å². The van der Waals surface area contributed by atoms with Gasteiger partial charge in [-0.05, 0) is 13.3 Å². The lowest BCUT2D eigenvalue weighted by atomic mass is 10.0. The van der Waals surface area contributed by atoms with Gasteiger partial charge in [0.1, 0.15) is 0 Å². The predicted octanol–water partition coefficient (Wildman–Crippen LogP) is 0.740. The molecule has 0 aromatic rings. The highest BCUT2D eigenvalue weighted by Gasteiger charge is 2.39. The van der Waals surface area contributed by atoms with E-state index in [0.29, 0.717) is 19.8 Å². The molecule has 0 aromatic heterocycles. The molecule has 5 nitrogen and oxygen atoms in total. The van der Waals surface area contributed by atoms with Crippen molar-refractivity contribution in [3.05, 3.63) is 0 Å². The zero-order valence-electron chi connectivity index (χ0n) is 11.4. The Labute approximate surface area is 109 Å². The molecule has 2 fully saturated rings. The van der Waals surface area contributed by atoms with Crippen molar-refractivity contribution in [3.8, 4) is 0 Å². The minimum Gasteiger partial charge on any atom is -0.353 e. The van der Waals surface area contributed by atoms with Gasteiger partial charge in [-0.25, -0.2) is 0 Å². The summed E-state index contributed by atoms with van der Waals surface area (Å²) in [4.78, 5) is 14.0. The summed E-state index contributed by atoms with van der Waals surface area (Å²) in [5.41, 5.74) is 0. The number of rotatable bonds is 4. The summed E-state index contributed by atoms with van der Waals surface area (Å²) in [5, 5.41) is 2.99. The smallest absolute Gasteiger partial charge is 0.234 e. The summed E-state index contributed by atoms with van der Waals surface area (Å²) in [6, 6.07) is 0.259. The largest absolute Gasteiger partial charge is 0.353 e. The summed E-state index contributed by atoms with van der Waals surface area (Å²) in [6.07, 6.45) is 2.70. The summed E-state index contributed by atoms with van der Waals surface area (Å²) in [7, 11) is 0. The van der Waals surface area contributed by atoms with Gasteiger partial charge in [-0.2, -0.15) is 0 Å². The van der Waals surface area contributed by atoms with Gasteiger partial charge in [0.2, 0.25) is 5.91 Å². The van der Waals surface area contributed by atoms with Crippen molar-refractivity contribution in [2.75, 3.05) is 32.8 Å². The number of amides is 1. The first-order valence-corrected chi connectivity index (χ1v) is 6.93. The molecule has 1 atom stereocenters. The lowest BCUT2D eigenvalue weighted by molar-refractivity contribution is -0.185. The molecule has 5 heteroatoms. The molecule has 1 N–H and O–H groups in total. The number of likely N-dealkylation sites (tertiary alicyclic amines) is 1. The monoisotopic (exact) mass is 256 g/mol. The third kappa shape index (κ3) is 3.43. The molecule has 0 bridgehead atoms. The molecular formula is C13H24N2O3. The molecule has 2 aliphatic heterocycles. The molecule has 0 aliphatic carbocycles.